The molecular weight excluding hydrogens is 188 g/mol. The number of hydrogen-bond donors (Lipinski definition) is 1. The molecule has 0 bridgehead atoms. The summed E-state index contributed by atoms with van der Waals surface area (Å²) in [5, 5.41) is 2.96. The van der Waals surface area contributed by atoms with Crippen LogP contribution in [-0.2, 0) is 4.79 Å². The van der Waals surface area contributed by atoms with E-state index in [2.05, 4.69) is 16.4 Å². The molecule has 1 aromatic heterocycles. The molecule has 1 aliphatic heterocycles. The Morgan fingerprint density at radius 3 is 2.93 bits per heavy atom. The quantitative estimate of drug-likeness (QED) is 0.701. The number of fused-ring (bicyclic) bond motifs is 3. The number of amides is 1. The van der Waals surface area contributed by atoms with Crippen LogP contribution in [0, 0.1) is 5.92 Å². The third-order valence-electron chi connectivity index (χ3n) is 3.61. The number of nitrogens with zero attached hydrogens (tertiary/aromatic N) is 1. The van der Waals surface area contributed by atoms with E-state index in [0.717, 1.165) is 18.5 Å². The van der Waals surface area contributed by atoms with Gasteiger partial charge in [0.05, 0.1) is 11.9 Å². The topological polar surface area (TPSA) is 42.0 Å². The molecular formula is C12H14N2O. The average Bonchev–Trinajstić information content (AvgIpc) is 2.30. The van der Waals surface area contributed by atoms with Crippen molar-refractivity contribution >= 4 is 11.6 Å². The third kappa shape index (κ3) is 1.34. The number of carbonyl (C=O) groups excluding carboxylic acids is 1. The van der Waals surface area contributed by atoms with Crippen LogP contribution in [0.15, 0.2) is 18.5 Å². The molecule has 0 aromatic carbocycles. The van der Waals surface area contributed by atoms with Crippen molar-refractivity contribution in [1.82, 2.24) is 4.98 Å². The average molecular weight is 202 g/mol. The zero-order valence-corrected chi connectivity index (χ0v) is 8.57. The van der Waals surface area contributed by atoms with E-state index in [-0.39, 0.29) is 11.8 Å². The molecule has 3 heteroatoms. The van der Waals surface area contributed by atoms with Crippen LogP contribution in [0.25, 0.3) is 0 Å². The van der Waals surface area contributed by atoms with Gasteiger partial charge in [0.2, 0.25) is 5.91 Å². The Balaban J connectivity index is 2.06. The lowest BCUT2D eigenvalue weighted by atomic mass is 9.73. The number of pyridine rings is 1. The van der Waals surface area contributed by atoms with Crippen LogP contribution in [0.2, 0.25) is 0 Å². The van der Waals surface area contributed by atoms with E-state index in [4.69, 9.17) is 0 Å². The lowest BCUT2D eigenvalue weighted by molar-refractivity contribution is -0.121. The summed E-state index contributed by atoms with van der Waals surface area (Å²) in [6.07, 6.45) is 8.21. The fraction of sp³-hybridized carbons (Fsp3) is 0.500. The van der Waals surface area contributed by atoms with E-state index in [1.54, 1.807) is 6.20 Å². The Bertz CT molecular complexity index is 402. The molecule has 1 N–H and O–H groups in total. The van der Waals surface area contributed by atoms with Crippen LogP contribution in [0.4, 0.5) is 5.69 Å². The molecule has 2 aliphatic rings. The van der Waals surface area contributed by atoms with Crippen molar-refractivity contribution in [3.63, 3.8) is 0 Å². The molecule has 1 aromatic rings. The molecule has 15 heavy (non-hydrogen) atoms. The summed E-state index contributed by atoms with van der Waals surface area (Å²) in [5.74, 6) is 0.833. The van der Waals surface area contributed by atoms with Crippen molar-refractivity contribution < 1.29 is 4.79 Å². The molecule has 1 amide bonds. The number of anilines is 1. The highest BCUT2D eigenvalue weighted by Crippen LogP contribution is 2.43. The SMILES string of the molecule is O=C1Nc2cnccc2[C@H]2CCCC[C@@H]12. The van der Waals surface area contributed by atoms with Gasteiger partial charge in [0, 0.05) is 12.1 Å². The van der Waals surface area contributed by atoms with E-state index in [0.29, 0.717) is 5.92 Å². The normalized spacial score (nSPS) is 28.9. The van der Waals surface area contributed by atoms with Gasteiger partial charge in [-0.1, -0.05) is 12.8 Å². The summed E-state index contributed by atoms with van der Waals surface area (Å²) in [6.45, 7) is 0. The first-order chi connectivity index (χ1) is 7.36. The first-order valence-corrected chi connectivity index (χ1v) is 5.61. The number of hydrogen-bond acceptors (Lipinski definition) is 2. The molecule has 0 unspecified atom stereocenters. The number of aromatic nitrogens is 1. The molecule has 1 saturated carbocycles. The van der Waals surface area contributed by atoms with E-state index in [1.807, 2.05) is 6.20 Å². The standard InChI is InChI=1S/C12H14N2O/c15-12-10-4-2-1-3-8(10)9-5-6-13-7-11(9)14-12/h5-8,10H,1-4H2,(H,14,15)/t8-,10-/m1/s1. The van der Waals surface area contributed by atoms with E-state index >= 15 is 0 Å². The minimum Gasteiger partial charge on any atom is -0.324 e. The highest BCUT2D eigenvalue weighted by molar-refractivity contribution is 5.96. The Hall–Kier alpha value is -1.38. The largest absolute Gasteiger partial charge is 0.324 e. The van der Waals surface area contributed by atoms with Crippen LogP contribution in [0.3, 0.4) is 0 Å². The van der Waals surface area contributed by atoms with Gasteiger partial charge < -0.3 is 5.32 Å². The summed E-state index contributed by atoms with van der Waals surface area (Å²) >= 11 is 0. The highest BCUT2D eigenvalue weighted by atomic mass is 16.2. The van der Waals surface area contributed by atoms with Gasteiger partial charge in [0.15, 0.2) is 0 Å². The Labute approximate surface area is 88.9 Å². The molecule has 2 heterocycles. The number of nitrogens with one attached hydrogen (secondary N) is 1. The van der Waals surface area contributed by atoms with Gasteiger partial charge in [-0.25, -0.2) is 0 Å². The molecule has 2 atom stereocenters. The predicted octanol–water partition coefficient (Wildman–Crippen LogP) is 2.31. The number of rotatable bonds is 0. The van der Waals surface area contributed by atoms with Gasteiger partial charge in [0.25, 0.3) is 0 Å². The van der Waals surface area contributed by atoms with Crippen LogP contribution in [-0.4, -0.2) is 10.9 Å². The van der Waals surface area contributed by atoms with E-state index < -0.39 is 0 Å². The van der Waals surface area contributed by atoms with E-state index in [1.165, 1.54) is 18.4 Å². The summed E-state index contributed by atoms with van der Waals surface area (Å²) in [4.78, 5) is 15.9. The molecule has 78 valence electrons. The minimum atomic E-state index is 0.195. The van der Waals surface area contributed by atoms with Gasteiger partial charge in [-0.15, -0.1) is 0 Å². The third-order valence-corrected chi connectivity index (χ3v) is 3.61. The van der Waals surface area contributed by atoms with Crippen LogP contribution >= 0.6 is 0 Å². The zero-order chi connectivity index (χ0) is 10.3. The summed E-state index contributed by atoms with van der Waals surface area (Å²) < 4.78 is 0. The van der Waals surface area contributed by atoms with Gasteiger partial charge in [-0.3, -0.25) is 9.78 Å². The maximum absolute atomic E-state index is 11.9. The summed E-state index contributed by atoms with van der Waals surface area (Å²) in [6, 6.07) is 2.05. The number of carbonyl (C=O) groups is 1. The first kappa shape index (κ1) is 8.89. The molecule has 0 spiro atoms. The van der Waals surface area contributed by atoms with Crippen LogP contribution in [0.5, 0.6) is 0 Å². The van der Waals surface area contributed by atoms with Crippen molar-refractivity contribution in [3.05, 3.63) is 24.0 Å². The first-order valence-electron chi connectivity index (χ1n) is 5.61. The zero-order valence-electron chi connectivity index (χ0n) is 8.57. The lowest BCUT2D eigenvalue weighted by Crippen LogP contribution is -2.35. The van der Waals surface area contributed by atoms with E-state index in [9.17, 15) is 4.79 Å². The molecule has 3 nitrogen and oxygen atoms in total. The maximum Gasteiger partial charge on any atom is 0.228 e. The summed E-state index contributed by atoms with van der Waals surface area (Å²) in [7, 11) is 0. The smallest absolute Gasteiger partial charge is 0.228 e. The predicted molar refractivity (Wildman–Crippen MR) is 57.6 cm³/mol. The van der Waals surface area contributed by atoms with Crippen molar-refractivity contribution in [2.75, 3.05) is 5.32 Å². The fourth-order valence-corrected chi connectivity index (χ4v) is 2.88. The molecule has 1 aliphatic carbocycles. The van der Waals surface area contributed by atoms with Crippen molar-refractivity contribution in [2.24, 2.45) is 5.92 Å². The lowest BCUT2D eigenvalue weighted by Gasteiger charge is -2.35. The van der Waals surface area contributed by atoms with Crippen molar-refractivity contribution in [2.45, 2.75) is 31.6 Å². The Kier molecular flexibility index (Phi) is 1.97. The van der Waals surface area contributed by atoms with Crippen molar-refractivity contribution in [1.29, 1.82) is 0 Å². The van der Waals surface area contributed by atoms with Gasteiger partial charge in [0.1, 0.15) is 0 Å². The molecule has 3 rings (SSSR count). The Morgan fingerprint density at radius 2 is 2.07 bits per heavy atom. The molecule has 0 saturated heterocycles. The molecule has 0 radical (unpaired) electrons. The Morgan fingerprint density at radius 1 is 1.27 bits per heavy atom. The second kappa shape index (κ2) is 3.33. The second-order valence-electron chi connectivity index (χ2n) is 4.45. The van der Waals surface area contributed by atoms with Gasteiger partial charge in [-0.05, 0) is 30.4 Å². The minimum absolute atomic E-state index is 0.195. The van der Waals surface area contributed by atoms with Crippen LogP contribution < -0.4 is 5.32 Å². The highest BCUT2D eigenvalue weighted by Gasteiger charge is 2.36. The summed E-state index contributed by atoms with van der Waals surface area (Å²) in [5.41, 5.74) is 2.21. The monoisotopic (exact) mass is 202 g/mol. The van der Waals surface area contributed by atoms with Crippen molar-refractivity contribution in [3.8, 4) is 0 Å². The van der Waals surface area contributed by atoms with Gasteiger partial charge in [-0.2, -0.15) is 0 Å². The van der Waals surface area contributed by atoms with Crippen LogP contribution in [0.1, 0.15) is 37.2 Å². The van der Waals surface area contributed by atoms with Gasteiger partial charge >= 0.3 is 0 Å². The fourth-order valence-electron chi connectivity index (χ4n) is 2.88. The second-order valence-corrected chi connectivity index (χ2v) is 4.45. The maximum atomic E-state index is 11.9. The molecule has 1 fully saturated rings.